The first-order chi connectivity index (χ1) is 10.3. The third-order valence-corrected chi connectivity index (χ3v) is 3.95. The fourth-order valence-corrected chi connectivity index (χ4v) is 2.60. The Morgan fingerprint density at radius 3 is 2.81 bits per heavy atom. The number of aliphatic hydroxyl groups is 1. The van der Waals surface area contributed by atoms with Gasteiger partial charge in [0.25, 0.3) is 0 Å². The van der Waals surface area contributed by atoms with Gasteiger partial charge in [-0.1, -0.05) is 24.3 Å². The summed E-state index contributed by atoms with van der Waals surface area (Å²) in [4.78, 5) is 2.35. The summed E-state index contributed by atoms with van der Waals surface area (Å²) in [5.74, 6) is 6.71. The summed E-state index contributed by atoms with van der Waals surface area (Å²) in [6, 6.07) is 6.69. The van der Waals surface area contributed by atoms with Crippen molar-refractivity contribution in [3.8, 4) is 17.6 Å². The van der Waals surface area contributed by atoms with Gasteiger partial charge in [0.05, 0.1) is 25.8 Å². The number of benzene rings is 1. The maximum Gasteiger partial charge on any atom is 0.134 e. The minimum Gasteiger partial charge on any atom is -0.495 e. The van der Waals surface area contributed by atoms with Gasteiger partial charge in [0, 0.05) is 19.1 Å². The van der Waals surface area contributed by atoms with Gasteiger partial charge < -0.3 is 15.6 Å². The highest BCUT2D eigenvalue weighted by Gasteiger charge is 2.24. The third-order valence-electron chi connectivity index (χ3n) is 3.95. The zero-order valence-corrected chi connectivity index (χ0v) is 12.6. The van der Waals surface area contributed by atoms with Gasteiger partial charge in [-0.05, 0) is 30.5 Å². The Labute approximate surface area is 126 Å². The lowest BCUT2D eigenvalue weighted by atomic mass is 9.91. The van der Waals surface area contributed by atoms with Crippen molar-refractivity contribution in [2.24, 2.45) is 5.73 Å². The second-order valence-electron chi connectivity index (χ2n) is 5.32. The van der Waals surface area contributed by atoms with Gasteiger partial charge in [0.15, 0.2) is 0 Å². The minimum atomic E-state index is 0.201. The average molecular weight is 288 g/mol. The molecule has 0 amide bonds. The molecule has 0 heterocycles. The highest BCUT2D eigenvalue weighted by Crippen LogP contribution is 2.27. The molecular weight excluding hydrogens is 264 g/mol. The summed E-state index contributed by atoms with van der Waals surface area (Å²) in [6.45, 7) is 2.10. The number of nitrogens with zero attached hydrogens (tertiary/aromatic N) is 1. The van der Waals surface area contributed by atoms with Crippen LogP contribution in [0.4, 0.5) is 0 Å². The maximum atomic E-state index is 9.24. The molecule has 1 aromatic carbocycles. The van der Waals surface area contributed by atoms with Crippen LogP contribution in [-0.2, 0) is 6.54 Å². The number of rotatable bonds is 6. The molecule has 0 saturated heterocycles. The number of hydrogen-bond acceptors (Lipinski definition) is 4. The van der Waals surface area contributed by atoms with Crippen LogP contribution in [-0.4, -0.2) is 42.9 Å². The van der Waals surface area contributed by atoms with Crippen LogP contribution >= 0.6 is 0 Å². The molecule has 114 valence electrons. The second-order valence-corrected chi connectivity index (χ2v) is 5.32. The van der Waals surface area contributed by atoms with Crippen molar-refractivity contribution in [3.63, 3.8) is 0 Å². The standard InChI is InChI=1S/C17H24N2O2/c1-21-17-8-7-14(12-15(17)4-3-9-18)13-19(10-11-20)16-5-2-6-16/h7-8,12,16,20H,2,5-6,9-11,13,18H2,1H3. The Balaban J connectivity index is 2.14. The highest BCUT2D eigenvalue weighted by molar-refractivity contribution is 5.48. The van der Waals surface area contributed by atoms with Crippen molar-refractivity contribution < 1.29 is 9.84 Å². The molecule has 0 atom stereocenters. The number of hydrogen-bond donors (Lipinski definition) is 2. The topological polar surface area (TPSA) is 58.7 Å². The van der Waals surface area contributed by atoms with E-state index in [9.17, 15) is 5.11 Å². The molecule has 1 aliphatic carbocycles. The lowest BCUT2D eigenvalue weighted by Gasteiger charge is -2.37. The molecule has 4 heteroatoms. The van der Waals surface area contributed by atoms with Gasteiger partial charge in [-0.15, -0.1) is 0 Å². The number of methoxy groups -OCH3 is 1. The smallest absolute Gasteiger partial charge is 0.134 e. The fourth-order valence-electron chi connectivity index (χ4n) is 2.60. The molecule has 1 saturated carbocycles. The van der Waals surface area contributed by atoms with Gasteiger partial charge in [0.2, 0.25) is 0 Å². The van der Waals surface area contributed by atoms with Crippen molar-refractivity contribution >= 4 is 0 Å². The summed E-state index contributed by atoms with van der Waals surface area (Å²) in [5.41, 5.74) is 7.51. The zero-order valence-electron chi connectivity index (χ0n) is 12.6. The first-order valence-corrected chi connectivity index (χ1v) is 7.49. The molecule has 0 bridgehead atoms. The summed E-state index contributed by atoms with van der Waals surface area (Å²) in [5, 5.41) is 9.24. The quantitative estimate of drug-likeness (QED) is 0.776. The van der Waals surface area contributed by atoms with Crippen LogP contribution in [0.15, 0.2) is 18.2 Å². The SMILES string of the molecule is COc1ccc(CN(CCO)C2CCC2)cc1C#CCN. The van der Waals surface area contributed by atoms with Gasteiger partial charge in [-0.3, -0.25) is 4.90 Å². The van der Waals surface area contributed by atoms with E-state index in [2.05, 4.69) is 28.9 Å². The Morgan fingerprint density at radius 1 is 1.43 bits per heavy atom. The van der Waals surface area contributed by atoms with E-state index in [1.807, 2.05) is 6.07 Å². The molecule has 0 radical (unpaired) electrons. The monoisotopic (exact) mass is 288 g/mol. The van der Waals surface area contributed by atoms with Gasteiger partial charge in [0.1, 0.15) is 5.75 Å². The fraction of sp³-hybridized carbons (Fsp3) is 0.529. The second kappa shape index (κ2) is 8.04. The van der Waals surface area contributed by atoms with Crippen LogP contribution in [0.5, 0.6) is 5.75 Å². The third kappa shape index (κ3) is 4.21. The lowest BCUT2D eigenvalue weighted by Crippen LogP contribution is -2.41. The molecule has 1 aliphatic rings. The van der Waals surface area contributed by atoms with Crippen LogP contribution < -0.4 is 10.5 Å². The van der Waals surface area contributed by atoms with Crippen molar-refractivity contribution in [3.05, 3.63) is 29.3 Å². The first kappa shape index (κ1) is 15.8. The van der Waals surface area contributed by atoms with Crippen LogP contribution in [0.2, 0.25) is 0 Å². The van der Waals surface area contributed by atoms with Gasteiger partial charge in [-0.25, -0.2) is 0 Å². The van der Waals surface area contributed by atoms with Crippen molar-refractivity contribution in [1.29, 1.82) is 0 Å². The molecule has 2 rings (SSSR count). The molecule has 0 aromatic heterocycles. The average Bonchev–Trinajstić information content (AvgIpc) is 2.43. The van der Waals surface area contributed by atoms with E-state index in [0.717, 1.165) is 24.4 Å². The van der Waals surface area contributed by atoms with Crippen LogP contribution in [0.1, 0.15) is 30.4 Å². The normalized spacial score (nSPS) is 14.5. The number of aliphatic hydroxyl groups excluding tert-OH is 1. The largest absolute Gasteiger partial charge is 0.495 e. The van der Waals surface area contributed by atoms with Crippen LogP contribution in [0.25, 0.3) is 0 Å². The Hall–Kier alpha value is -1.54. The van der Waals surface area contributed by atoms with Crippen molar-refractivity contribution in [2.75, 3.05) is 26.8 Å². The van der Waals surface area contributed by atoms with Crippen molar-refractivity contribution in [2.45, 2.75) is 31.8 Å². The predicted octanol–water partition coefficient (Wildman–Crippen LogP) is 1.35. The highest BCUT2D eigenvalue weighted by atomic mass is 16.5. The summed E-state index contributed by atoms with van der Waals surface area (Å²) >= 11 is 0. The number of ether oxygens (including phenoxy) is 1. The van der Waals surface area contributed by atoms with E-state index < -0.39 is 0 Å². The van der Waals surface area contributed by atoms with E-state index in [-0.39, 0.29) is 6.61 Å². The van der Waals surface area contributed by atoms with Gasteiger partial charge in [-0.2, -0.15) is 0 Å². The first-order valence-electron chi connectivity index (χ1n) is 7.49. The van der Waals surface area contributed by atoms with E-state index in [4.69, 9.17) is 10.5 Å². The van der Waals surface area contributed by atoms with E-state index in [0.29, 0.717) is 12.6 Å². The molecular formula is C17H24N2O2. The molecule has 4 nitrogen and oxygen atoms in total. The van der Waals surface area contributed by atoms with E-state index in [1.54, 1.807) is 7.11 Å². The van der Waals surface area contributed by atoms with E-state index in [1.165, 1.54) is 24.8 Å². The van der Waals surface area contributed by atoms with E-state index >= 15 is 0 Å². The Morgan fingerprint density at radius 2 is 2.24 bits per heavy atom. The molecule has 1 aromatic rings. The zero-order chi connectivity index (χ0) is 15.1. The minimum absolute atomic E-state index is 0.201. The van der Waals surface area contributed by atoms with Crippen LogP contribution in [0, 0.1) is 11.8 Å². The lowest BCUT2D eigenvalue weighted by molar-refractivity contribution is 0.0945. The Kier molecular flexibility index (Phi) is 6.06. The molecule has 0 spiro atoms. The maximum absolute atomic E-state index is 9.24. The molecule has 21 heavy (non-hydrogen) atoms. The molecule has 0 aliphatic heterocycles. The molecule has 0 unspecified atom stereocenters. The Bertz CT molecular complexity index is 515. The molecule has 3 N–H and O–H groups in total. The number of nitrogens with two attached hydrogens (primary N) is 1. The van der Waals surface area contributed by atoms with Crippen molar-refractivity contribution in [1.82, 2.24) is 4.90 Å². The molecule has 1 fully saturated rings. The summed E-state index contributed by atoms with van der Waals surface area (Å²) < 4.78 is 5.33. The van der Waals surface area contributed by atoms with Gasteiger partial charge >= 0.3 is 0 Å². The predicted molar refractivity (Wildman–Crippen MR) is 84.1 cm³/mol. The summed E-state index contributed by atoms with van der Waals surface area (Å²) in [7, 11) is 1.65. The van der Waals surface area contributed by atoms with Crippen LogP contribution in [0.3, 0.4) is 0 Å². The summed E-state index contributed by atoms with van der Waals surface area (Å²) in [6.07, 6.45) is 3.76.